The standard InChI is InChI=1S/C21H27ClN2O2/c1-3-26-20-8-5-4-7-17(20)21(24-13-6-11-23-12-14-24)18-15-16(22)9-10-19(18)25-2/h4-5,7-10,15,21,23H,3,6,11-14H2,1-2H3. The largest absolute Gasteiger partial charge is 0.496 e. The Bertz CT molecular complexity index is 715. The number of methoxy groups -OCH3 is 1. The van der Waals surface area contributed by atoms with Crippen LogP contribution in [0, 0.1) is 0 Å². The lowest BCUT2D eigenvalue weighted by Crippen LogP contribution is -2.33. The minimum atomic E-state index is 0.0336. The van der Waals surface area contributed by atoms with Crippen molar-refractivity contribution in [1.82, 2.24) is 10.2 Å². The zero-order valence-corrected chi connectivity index (χ0v) is 16.3. The van der Waals surface area contributed by atoms with Gasteiger partial charge in [0.25, 0.3) is 0 Å². The van der Waals surface area contributed by atoms with Gasteiger partial charge in [0.05, 0.1) is 19.8 Å². The monoisotopic (exact) mass is 374 g/mol. The first kappa shape index (κ1) is 19.0. The molecule has 1 aliphatic rings. The highest BCUT2D eigenvalue weighted by atomic mass is 35.5. The Morgan fingerprint density at radius 1 is 1.08 bits per heavy atom. The maximum atomic E-state index is 6.36. The number of rotatable bonds is 6. The summed E-state index contributed by atoms with van der Waals surface area (Å²) < 4.78 is 11.6. The van der Waals surface area contributed by atoms with Crippen LogP contribution >= 0.6 is 11.6 Å². The van der Waals surface area contributed by atoms with Gasteiger partial charge < -0.3 is 14.8 Å². The van der Waals surface area contributed by atoms with E-state index in [1.165, 1.54) is 0 Å². The Morgan fingerprint density at radius 3 is 2.73 bits per heavy atom. The number of para-hydroxylation sites is 1. The quantitative estimate of drug-likeness (QED) is 0.824. The molecule has 1 saturated heterocycles. The Morgan fingerprint density at radius 2 is 1.92 bits per heavy atom. The van der Waals surface area contributed by atoms with E-state index in [2.05, 4.69) is 22.3 Å². The predicted octanol–water partition coefficient (Wildman–Crippen LogP) is 4.13. The van der Waals surface area contributed by atoms with Crippen LogP contribution in [0.25, 0.3) is 0 Å². The molecule has 2 aromatic carbocycles. The van der Waals surface area contributed by atoms with Gasteiger partial charge in [-0.25, -0.2) is 0 Å². The fourth-order valence-electron chi connectivity index (χ4n) is 3.60. The third-order valence-corrected chi connectivity index (χ3v) is 4.97. The average Bonchev–Trinajstić information content (AvgIpc) is 2.93. The first-order chi connectivity index (χ1) is 12.7. The number of ether oxygens (including phenoxy) is 2. The van der Waals surface area contributed by atoms with E-state index in [4.69, 9.17) is 21.1 Å². The second kappa shape index (κ2) is 9.26. The number of hydrogen-bond donors (Lipinski definition) is 1. The van der Waals surface area contributed by atoms with E-state index in [0.717, 1.165) is 55.2 Å². The highest BCUT2D eigenvalue weighted by Gasteiger charge is 2.28. The second-order valence-electron chi connectivity index (χ2n) is 6.40. The summed E-state index contributed by atoms with van der Waals surface area (Å²) in [6.07, 6.45) is 1.11. The van der Waals surface area contributed by atoms with Crippen molar-refractivity contribution in [2.24, 2.45) is 0 Å². The lowest BCUT2D eigenvalue weighted by molar-refractivity contribution is 0.229. The van der Waals surface area contributed by atoms with Gasteiger partial charge >= 0.3 is 0 Å². The summed E-state index contributed by atoms with van der Waals surface area (Å²) in [5, 5.41) is 4.20. The molecule has 1 fully saturated rings. The minimum absolute atomic E-state index is 0.0336. The van der Waals surface area contributed by atoms with E-state index in [1.807, 2.05) is 37.3 Å². The lowest BCUT2D eigenvalue weighted by atomic mass is 9.95. The maximum absolute atomic E-state index is 6.36. The van der Waals surface area contributed by atoms with Crippen LogP contribution in [0.3, 0.4) is 0 Å². The fourth-order valence-corrected chi connectivity index (χ4v) is 3.78. The molecule has 0 amide bonds. The van der Waals surface area contributed by atoms with Crippen LogP contribution in [-0.2, 0) is 0 Å². The topological polar surface area (TPSA) is 33.7 Å². The van der Waals surface area contributed by atoms with Gasteiger partial charge in [-0.15, -0.1) is 0 Å². The highest BCUT2D eigenvalue weighted by Crippen LogP contribution is 2.40. The molecular formula is C21H27ClN2O2. The van der Waals surface area contributed by atoms with E-state index in [0.29, 0.717) is 11.6 Å². The first-order valence-electron chi connectivity index (χ1n) is 9.24. The molecule has 1 unspecified atom stereocenters. The molecule has 0 aliphatic carbocycles. The normalized spacial score (nSPS) is 16.7. The van der Waals surface area contributed by atoms with Crippen molar-refractivity contribution in [1.29, 1.82) is 0 Å². The maximum Gasteiger partial charge on any atom is 0.124 e. The summed E-state index contributed by atoms with van der Waals surface area (Å²) in [6.45, 7) is 6.63. The minimum Gasteiger partial charge on any atom is -0.496 e. The van der Waals surface area contributed by atoms with Gasteiger partial charge in [0.15, 0.2) is 0 Å². The van der Waals surface area contributed by atoms with Crippen molar-refractivity contribution in [3.63, 3.8) is 0 Å². The van der Waals surface area contributed by atoms with Gasteiger partial charge in [-0.2, -0.15) is 0 Å². The summed E-state index contributed by atoms with van der Waals surface area (Å²) in [5.74, 6) is 1.77. The SMILES string of the molecule is CCOc1ccccc1C(c1cc(Cl)ccc1OC)N1CCCNCC1. The third kappa shape index (κ3) is 4.32. The summed E-state index contributed by atoms with van der Waals surface area (Å²) in [4.78, 5) is 2.49. The summed E-state index contributed by atoms with van der Waals surface area (Å²) in [7, 11) is 1.71. The van der Waals surface area contributed by atoms with Crippen LogP contribution in [-0.4, -0.2) is 44.8 Å². The van der Waals surface area contributed by atoms with Crippen LogP contribution in [0.15, 0.2) is 42.5 Å². The van der Waals surface area contributed by atoms with Gasteiger partial charge in [0.2, 0.25) is 0 Å². The van der Waals surface area contributed by atoms with E-state index in [-0.39, 0.29) is 6.04 Å². The van der Waals surface area contributed by atoms with Gasteiger partial charge in [-0.3, -0.25) is 4.90 Å². The van der Waals surface area contributed by atoms with E-state index in [1.54, 1.807) is 7.11 Å². The van der Waals surface area contributed by atoms with Crippen LogP contribution in [0.5, 0.6) is 11.5 Å². The van der Waals surface area contributed by atoms with Crippen LogP contribution in [0.1, 0.15) is 30.5 Å². The molecule has 3 rings (SSSR count). The number of hydrogen-bond acceptors (Lipinski definition) is 4. The van der Waals surface area contributed by atoms with Crippen LogP contribution in [0.4, 0.5) is 0 Å². The van der Waals surface area contributed by atoms with E-state index in [9.17, 15) is 0 Å². The number of halogens is 1. The average molecular weight is 375 g/mol. The second-order valence-corrected chi connectivity index (χ2v) is 6.84. The molecule has 4 nitrogen and oxygen atoms in total. The number of benzene rings is 2. The Hall–Kier alpha value is -1.75. The third-order valence-electron chi connectivity index (χ3n) is 4.74. The van der Waals surface area contributed by atoms with E-state index < -0.39 is 0 Å². The molecule has 1 aliphatic heterocycles. The molecule has 0 aromatic heterocycles. The molecule has 5 heteroatoms. The van der Waals surface area contributed by atoms with Gasteiger partial charge in [-0.05, 0) is 44.2 Å². The van der Waals surface area contributed by atoms with Crippen molar-refractivity contribution < 1.29 is 9.47 Å². The Labute approximate surface area is 161 Å². The molecule has 1 N–H and O–H groups in total. The van der Waals surface area contributed by atoms with Crippen molar-refractivity contribution in [2.45, 2.75) is 19.4 Å². The molecule has 0 saturated carbocycles. The number of nitrogens with one attached hydrogen (secondary N) is 1. The highest BCUT2D eigenvalue weighted by molar-refractivity contribution is 6.30. The predicted molar refractivity (Wildman–Crippen MR) is 107 cm³/mol. The van der Waals surface area contributed by atoms with Crippen molar-refractivity contribution in [3.05, 3.63) is 58.6 Å². The summed E-state index contributed by atoms with van der Waals surface area (Å²) >= 11 is 6.36. The molecule has 1 atom stereocenters. The van der Waals surface area contributed by atoms with E-state index >= 15 is 0 Å². The van der Waals surface area contributed by atoms with Gasteiger partial charge in [0, 0.05) is 35.8 Å². The van der Waals surface area contributed by atoms with Crippen molar-refractivity contribution in [3.8, 4) is 11.5 Å². The van der Waals surface area contributed by atoms with Crippen LogP contribution in [0.2, 0.25) is 5.02 Å². The van der Waals surface area contributed by atoms with Crippen molar-refractivity contribution >= 4 is 11.6 Å². The smallest absolute Gasteiger partial charge is 0.124 e. The lowest BCUT2D eigenvalue weighted by Gasteiger charge is -2.33. The molecule has 140 valence electrons. The molecule has 2 aromatic rings. The molecule has 0 radical (unpaired) electrons. The van der Waals surface area contributed by atoms with Gasteiger partial charge in [0.1, 0.15) is 11.5 Å². The molecule has 1 heterocycles. The molecule has 26 heavy (non-hydrogen) atoms. The van der Waals surface area contributed by atoms with Crippen LogP contribution < -0.4 is 14.8 Å². The first-order valence-corrected chi connectivity index (χ1v) is 9.62. The molecule has 0 bridgehead atoms. The van der Waals surface area contributed by atoms with Gasteiger partial charge in [-0.1, -0.05) is 29.8 Å². The zero-order valence-electron chi connectivity index (χ0n) is 15.5. The number of nitrogens with zero attached hydrogens (tertiary/aromatic N) is 1. The Balaban J connectivity index is 2.12. The summed E-state index contributed by atoms with van der Waals surface area (Å²) in [6, 6.07) is 14.2. The molecular weight excluding hydrogens is 348 g/mol. The van der Waals surface area contributed by atoms with Crippen molar-refractivity contribution in [2.75, 3.05) is 39.9 Å². The zero-order chi connectivity index (χ0) is 18.4. The molecule has 0 spiro atoms. The fraction of sp³-hybridized carbons (Fsp3) is 0.429. The Kier molecular flexibility index (Phi) is 6.78. The summed E-state index contributed by atoms with van der Waals surface area (Å²) in [5.41, 5.74) is 2.23.